The van der Waals surface area contributed by atoms with Crippen LogP contribution in [0, 0.1) is 20.2 Å². The number of nitrogens with zero attached hydrogens (tertiary/aromatic N) is 2. The number of nitrogens with one attached hydrogen (secondary N) is 1. The van der Waals surface area contributed by atoms with Crippen LogP contribution in [0.5, 0.6) is 11.5 Å². The standard InChI is InChI=1S/C20H17N3O6/c24-22(25)16-9-10-19(20(14-16)23(26)27)21-15-5-4-8-18(13-15)29-12-11-28-17-6-2-1-3-7-17/h1-10,13-14,21H,11-12H2. The number of ether oxygens (including phenoxy) is 2. The third-order valence-corrected chi connectivity index (χ3v) is 3.87. The molecule has 3 rings (SSSR count). The van der Waals surface area contributed by atoms with Crippen LogP contribution < -0.4 is 14.8 Å². The highest BCUT2D eigenvalue weighted by atomic mass is 16.6. The van der Waals surface area contributed by atoms with Crippen molar-refractivity contribution in [3.05, 3.63) is 93.0 Å². The van der Waals surface area contributed by atoms with E-state index < -0.39 is 9.85 Å². The van der Waals surface area contributed by atoms with E-state index >= 15 is 0 Å². The number of para-hydroxylation sites is 1. The number of nitro benzene ring substituents is 2. The SMILES string of the molecule is O=[N+]([O-])c1ccc(Nc2cccc(OCCOc3ccccc3)c2)c([N+](=O)[O-])c1. The Kier molecular flexibility index (Phi) is 6.21. The summed E-state index contributed by atoms with van der Waals surface area (Å²) in [6, 6.07) is 19.6. The Labute approximate surface area is 165 Å². The Morgan fingerprint density at radius 3 is 2.14 bits per heavy atom. The lowest BCUT2D eigenvalue weighted by molar-refractivity contribution is -0.393. The molecule has 9 nitrogen and oxygen atoms in total. The lowest BCUT2D eigenvalue weighted by atomic mass is 10.2. The van der Waals surface area contributed by atoms with Crippen LogP contribution in [0.1, 0.15) is 0 Å². The second-order valence-electron chi connectivity index (χ2n) is 5.88. The Morgan fingerprint density at radius 1 is 0.759 bits per heavy atom. The lowest BCUT2D eigenvalue weighted by Gasteiger charge is -2.11. The molecule has 0 amide bonds. The molecule has 0 bridgehead atoms. The quantitative estimate of drug-likeness (QED) is 0.317. The van der Waals surface area contributed by atoms with Gasteiger partial charge in [0.15, 0.2) is 0 Å². The third-order valence-electron chi connectivity index (χ3n) is 3.87. The van der Waals surface area contributed by atoms with E-state index in [0.717, 1.165) is 11.8 Å². The Morgan fingerprint density at radius 2 is 1.45 bits per heavy atom. The number of nitro groups is 2. The van der Waals surface area contributed by atoms with Gasteiger partial charge in [0.25, 0.3) is 11.4 Å². The fourth-order valence-corrected chi connectivity index (χ4v) is 2.55. The molecule has 29 heavy (non-hydrogen) atoms. The molecule has 0 heterocycles. The minimum absolute atomic E-state index is 0.144. The van der Waals surface area contributed by atoms with E-state index in [1.54, 1.807) is 24.3 Å². The van der Waals surface area contributed by atoms with Crippen LogP contribution in [0.25, 0.3) is 0 Å². The average Bonchev–Trinajstić information content (AvgIpc) is 2.72. The zero-order valence-electron chi connectivity index (χ0n) is 15.2. The molecular formula is C20H17N3O6. The van der Waals surface area contributed by atoms with Gasteiger partial charge in [0, 0.05) is 17.8 Å². The van der Waals surface area contributed by atoms with Gasteiger partial charge in [-0.3, -0.25) is 20.2 Å². The number of hydrogen-bond acceptors (Lipinski definition) is 7. The zero-order chi connectivity index (χ0) is 20.6. The Balaban J connectivity index is 1.64. The highest BCUT2D eigenvalue weighted by Crippen LogP contribution is 2.32. The van der Waals surface area contributed by atoms with Crippen molar-refractivity contribution in [2.75, 3.05) is 18.5 Å². The third kappa shape index (κ3) is 5.42. The first kappa shape index (κ1) is 19.6. The molecule has 0 aliphatic heterocycles. The molecule has 0 saturated carbocycles. The summed E-state index contributed by atoms with van der Waals surface area (Å²) in [6.45, 7) is 0.672. The topological polar surface area (TPSA) is 117 Å². The highest BCUT2D eigenvalue weighted by Gasteiger charge is 2.19. The van der Waals surface area contributed by atoms with Gasteiger partial charge in [-0.05, 0) is 30.3 Å². The van der Waals surface area contributed by atoms with Crippen molar-refractivity contribution < 1.29 is 19.3 Å². The molecule has 0 radical (unpaired) electrons. The smallest absolute Gasteiger partial charge is 0.299 e. The predicted molar refractivity (Wildman–Crippen MR) is 107 cm³/mol. The van der Waals surface area contributed by atoms with Crippen molar-refractivity contribution >= 4 is 22.7 Å². The molecule has 0 spiro atoms. The maximum Gasteiger partial charge on any atom is 0.299 e. The molecule has 0 aliphatic rings. The fraction of sp³-hybridized carbons (Fsp3) is 0.100. The molecule has 0 unspecified atom stereocenters. The van der Waals surface area contributed by atoms with Crippen LogP contribution in [-0.2, 0) is 0 Å². The summed E-state index contributed by atoms with van der Waals surface area (Å²) in [5.41, 5.74) is -0.0480. The summed E-state index contributed by atoms with van der Waals surface area (Å²) in [5.74, 6) is 1.30. The van der Waals surface area contributed by atoms with Crippen molar-refractivity contribution in [2.45, 2.75) is 0 Å². The van der Waals surface area contributed by atoms with Crippen LogP contribution in [0.4, 0.5) is 22.7 Å². The Bertz CT molecular complexity index is 1010. The molecule has 0 atom stereocenters. The summed E-state index contributed by atoms with van der Waals surface area (Å²) in [6.07, 6.45) is 0. The van der Waals surface area contributed by atoms with E-state index in [1.807, 2.05) is 30.3 Å². The van der Waals surface area contributed by atoms with E-state index in [2.05, 4.69) is 5.32 Å². The van der Waals surface area contributed by atoms with Gasteiger partial charge < -0.3 is 14.8 Å². The van der Waals surface area contributed by atoms with Crippen molar-refractivity contribution in [3.63, 3.8) is 0 Å². The van der Waals surface area contributed by atoms with Crippen LogP contribution in [0.2, 0.25) is 0 Å². The summed E-state index contributed by atoms with van der Waals surface area (Å²) in [7, 11) is 0. The first-order valence-electron chi connectivity index (χ1n) is 8.63. The van der Waals surface area contributed by atoms with Gasteiger partial charge in [0.05, 0.1) is 15.9 Å². The predicted octanol–water partition coefficient (Wildman–Crippen LogP) is 4.70. The number of anilines is 2. The van der Waals surface area contributed by atoms with E-state index in [0.29, 0.717) is 24.7 Å². The largest absolute Gasteiger partial charge is 0.490 e. The van der Waals surface area contributed by atoms with Crippen molar-refractivity contribution in [1.29, 1.82) is 0 Å². The molecule has 0 saturated heterocycles. The number of hydrogen-bond donors (Lipinski definition) is 1. The summed E-state index contributed by atoms with van der Waals surface area (Å²) < 4.78 is 11.2. The molecule has 3 aromatic rings. The number of non-ortho nitro benzene ring substituents is 1. The minimum Gasteiger partial charge on any atom is -0.490 e. The van der Waals surface area contributed by atoms with E-state index in [1.165, 1.54) is 12.1 Å². The second kappa shape index (κ2) is 9.18. The first-order chi connectivity index (χ1) is 14.0. The van der Waals surface area contributed by atoms with Crippen LogP contribution >= 0.6 is 0 Å². The van der Waals surface area contributed by atoms with Gasteiger partial charge in [-0.15, -0.1) is 0 Å². The molecular weight excluding hydrogens is 378 g/mol. The van der Waals surface area contributed by atoms with E-state index in [4.69, 9.17) is 9.47 Å². The summed E-state index contributed by atoms with van der Waals surface area (Å²) >= 11 is 0. The minimum atomic E-state index is -0.678. The van der Waals surface area contributed by atoms with Crippen molar-refractivity contribution in [3.8, 4) is 11.5 Å². The monoisotopic (exact) mass is 395 g/mol. The van der Waals surface area contributed by atoms with Crippen LogP contribution in [0.15, 0.2) is 72.8 Å². The zero-order valence-corrected chi connectivity index (χ0v) is 15.2. The summed E-state index contributed by atoms with van der Waals surface area (Å²) in [5, 5.41) is 25.0. The number of rotatable bonds is 9. The molecule has 0 fully saturated rings. The summed E-state index contributed by atoms with van der Waals surface area (Å²) in [4.78, 5) is 20.7. The molecule has 148 valence electrons. The number of benzene rings is 3. The van der Waals surface area contributed by atoms with Crippen LogP contribution in [0.3, 0.4) is 0 Å². The van der Waals surface area contributed by atoms with Gasteiger partial charge in [0.1, 0.15) is 30.4 Å². The van der Waals surface area contributed by atoms with Gasteiger partial charge in [-0.1, -0.05) is 24.3 Å². The molecule has 0 aromatic heterocycles. The van der Waals surface area contributed by atoms with E-state index in [9.17, 15) is 20.2 Å². The molecule has 1 N–H and O–H groups in total. The maximum atomic E-state index is 11.2. The van der Waals surface area contributed by atoms with Gasteiger partial charge in [-0.25, -0.2) is 0 Å². The average molecular weight is 395 g/mol. The van der Waals surface area contributed by atoms with Crippen molar-refractivity contribution in [2.24, 2.45) is 0 Å². The van der Waals surface area contributed by atoms with Crippen LogP contribution in [-0.4, -0.2) is 23.1 Å². The van der Waals surface area contributed by atoms with Crippen molar-refractivity contribution in [1.82, 2.24) is 0 Å². The van der Waals surface area contributed by atoms with Gasteiger partial charge in [-0.2, -0.15) is 0 Å². The highest BCUT2D eigenvalue weighted by molar-refractivity contribution is 5.72. The normalized spacial score (nSPS) is 10.2. The van der Waals surface area contributed by atoms with Gasteiger partial charge >= 0.3 is 0 Å². The molecule has 0 aliphatic carbocycles. The van der Waals surface area contributed by atoms with E-state index in [-0.39, 0.29) is 17.1 Å². The maximum absolute atomic E-state index is 11.2. The Hall–Kier alpha value is -4.14. The molecule has 3 aromatic carbocycles. The van der Waals surface area contributed by atoms with Gasteiger partial charge in [0.2, 0.25) is 0 Å². The molecule has 9 heteroatoms. The lowest BCUT2D eigenvalue weighted by Crippen LogP contribution is -2.09. The second-order valence-corrected chi connectivity index (χ2v) is 5.88. The fourth-order valence-electron chi connectivity index (χ4n) is 2.55. The first-order valence-corrected chi connectivity index (χ1v) is 8.63.